The molecule has 3 fully saturated rings. The second kappa shape index (κ2) is 4.04. The van der Waals surface area contributed by atoms with Crippen molar-refractivity contribution in [1.29, 1.82) is 0 Å². The Bertz CT molecular complexity index is 225. The third-order valence-corrected chi connectivity index (χ3v) is 4.67. The Morgan fingerprint density at radius 1 is 1.13 bits per heavy atom. The lowest BCUT2D eigenvalue weighted by Gasteiger charge is -2.42. The van der Waals surface area contributed by atoms with E-state index in [4.69, 9.17) is 5.73 Å². The van der Waals surface area contributed by atoms with Crippen LogP contribution in [0.2, 0.25) is 0 Å². The van der Waals surface area contributed by atoms with Gasteiger partial charge in [0.25, 0.3) is 0 Å². The number of hydrogen-bond donors (Lipinski definition) is 3. The van der Waals surface area contributed by atoms with E-state index in [-0.39, 0.29) is 0 Å². The molecular weight excluding hydrogens is 186 g/mol. The summed E-state index contributed by atoms with van der Waals surface area (Å²) >= 11 is 0. The lowest BCUT2D eigenvalue weighted by molar-refractivity contribution is 0.151. The summed E-state index contributed by atoms with van der Waals surface area (Å²) in [6.07, 6.45) is 6.64. The molecule has 0 aliphatic carbocycles. The normalized spacial score (nSPS) is 50.6. The van der Waals surface area contributed by atoms with E-state index in [9.17, 15) is 0 Å². The van der Waals surface area contributed by atoms with Crippen LogP contribution in [0, 0.1) is 11.8 Å². The Kier molecular flexibility index (Phi) is 2.71. The van der Waals surface area contributed by atoms with Crippen molar-refractivity contribution in [2.24, 2.45) is 17.6 Å². The summed E-state index contributed by atoms with van der Waals surface area (Å²) < 4.78 is 0. The maximum absolute atomic E-state index is 6.36. The first kappa shape index (κ1) is 10.1. The van der Waals surface area contributed by atoms with Crippen LogP contribution < -0.4 is 16.4 Å². The molecular formula is C12H23N3. The highest BCUT2D eigenvalue weighted by Crippen LogP contribution is 2.37. The van der Waals surface area contributed by atoms with Gasteiger partial charge in [0.05, 0.1) is 0 Å². The van der Waals surface area contributed by atoms with Gasteiger partial charge in [-0.3, -0.25) is 0 Å². The molecule has 0 aromatic rings. The highest BCUT2D eigenvalue weighted by atomic mass is 15.0. The van der Waals surface area contributed by atoms with Gasteiger partial charge in [-0.15, -0.1) is 0 Å². The van der Waals surface area contributed by atoms with Gasteiger partial charge in [-0.05, 0) is 57.0 Å². The molecule has 5 atom stereocenters. The van der Waals surface area contributed by atoms with Gasteiger partial charge in [0.15, 0.2) is 0 Å². The van der Waals surface area contributed by atoms with Gasteiger partial charge in [-0.1, -0.05) is 0 Å². The van der Waals surface area contributed by atoms with Crippen LogP contribution in [0.1, 0.15) is 32.1 Å². The van der Waals surface area contributed by atoms with Gasteiger partial charge in [0.2, 0.25) is 0 Å². The molecule has 0 saturated carbocycles. The molecule has 3 heterocycles. The summed E-state index contributed by atoms with van der Waals surface area (Å²) in [6.45, 7) is 2.40. The van der Waals surface area contributed by atoms with Crippen molar-refractivity contribution in [3.05, 3.63) is 0 Å². The monoisotopic (exact) mass is 209 g/mol. The molecule has 3 aliphatic heterocycles. The van der Waals surface area contributed by atoms with E-state index in [0.717, 1.165) is 23.9 Å². The van der Waals surface area contributed by atoms with E-state index in [1.54, 1.807) is 0 Å². The highest BCUT2D eigenvalue weighted by molar-refractivity contribution is 5.02. The molecule has 15 heavy (non-hydrogen) atoms. The van der Waals surface area contributed by atoms with Gasteiger partial charge < -0.3 is 16.4 Å². The minimum absolute atomic E-state index is 0.452. The Morgan fingerprint density at radius 3 is 2.87 bits per heavy atom. The summed E-state index contributed by atoms with van der Waals surface area (Å²) in [4.78, 5) is 0. The zero-order valence-corrected chi connectivity index (χ0v) is 9.41. The quantitative estimate of drug-likeness (QED) is 0.588. The van der Waals surface area contributed by atoms with Gasteiger partial charge in [-0.2, -0.15) is 0 Å². The first-order valence-electron chi connectivity index (χ1n) is 6.57. The van der Waals surface area contributed by atoms with Crippen LogP contribution in [0.4, 0.5) is 0 Å². The fourth-order valence-electron chi connectivity index (χ4n) is 4.01. The highest BCUT2D eigenvalue weighted by Gasteiger charge is 2.43. The largest absolute Gasteiger partial charge is 0.327 e. The fraction of sp³-hybridized carbons (Fsp3) is 1.00. The zero-order valence-electron chi connectivity index (χ0n) is 9.41. The van der Waals surface area contributed by atoms with E-state index in [2.05, 4.69) is 10.6 Å². The molecule has 5 unspecified atom stereocenters. The maximum atomic E-state index is 6.36. The maximum Gasteiger partial charge on any atom is 0.0116 e. The van der Waals surface area contributed by atoms with Crippen molar-refractivity contribution in [1.82, 2.24) is 10.6 Å². The van der Waals surface area contributed by atoms with Gasteiger partial charge in [0.1, 0.15) is 0 Å². The second-order valence-corrected chi connectivity index (χ2v) is 5.63. The molecule has 0 aromatic carbocycles. The number of fused-ring (bicyclic) bond motifs is 2. The lowest BCUT2D eigenvalue weighted by Crippen LogP contribution is -2.56. The SMILES string of the molecule is NC1CC2CCC(N2)C1C1CCCNC1. The molecule has 0 radical (unpaired) electrons. The topological polar surface area (TPSA) is 50.1 Å². The summed E-state index contributed by atoms with van der Waals surface area (Å²) in [5.74, 6) is 1.56. The van der Waals surface area contributed by atoms with Crippen LogP contribution in [0.15, 0.2) is 0 Å². The third kappa shape index (κ3) is 1.81. The molecule has 3 heteroatoms. The molecule has 3 aliphatic rings. The minimum Gasteiger partial charge on any atom is -0.327 e. The zero-order chi connectivity index (χ0) is 10.3. The number of hydrogen-bond acceptors (Lipinski definition) is 3. The van der Waals surface area contributed by atoms with Crippen molar-refractivity contribution >= 4 is 0 Å². The molecule has 3 nitrogen and oxygen atoms in total. The van der Waals surface area contributed by atoms with E-state index in [1.165, 1.54) is 45.2 Å². The number of rotatable bonds is 1. The second-order valence-electron chi connectivity index (χ2n) is 5.63. The van der Waals surface area contributed by atoms with E-state index >= 15 is 0 Å². The summed E-state index contributed by atoms with van der Waals surface area (Å²) in [6, 6.07) is 1.91. The molecule has 2 bridgehead atoms. The van der Waals surface area contributed by atoms with Gasteiger partial charge in [0, 0.05) is 18.1 Å². The Hall–Kier alpha value is -0.120. The summed E-state index contributed by atoms with van der Waals surface area (Å²) in [5.41, 5.74) is 6.36. The molecule has 4 N–H and O–H groups in total. The van der Waals surface area contributed by atoms with Crippen molar-refractivity contribution in [2.75, 3.05) is 13.1 Å². The van der Waals surface area contributed by atoms with Crippen LogP contribution in [-0.2, 0) is 0 Å². The lowest BCUT2D eigenvalue weighted by atomic mass is 9.75. The number of piperidine rings is 2. The fourth-order valence-corrected chi connectivity index (χ4v) is 4.01. The summed E-state index contributed by atoms with van der Waals surface area (Å²) in [5, 5.41) is 7.29. The third-order valence-electron chi connectivity index (χ3n) is 4.67. The first-order valence-corrected chi connectivity index (χ1v) is 6.57. The summed E-state index contributed by atoms with van der Waals surface area (Å²) in [7, 11) is 0. The van der Waals surface area contributed by atoms with Gasteiger partial charge in [-0.25, -0.2) is 0 Å². The van der Waals surface area contributed by atoms with Crippen LogP contribution in [0.3, 0.4) is 0 Å². The average Bonchev–Trinajstić information content (AvgIpc) is 2.62. The predicted octanol–water partition coefficient (Wildman–Crippen LogP) is 0.454. The average molecular weight is 209 g/mol. The Balaban J connectivity index is 1.71. The molecule has 0 amide bonds. The molecule has 3 rings (SSSR count). The van der Waals surface area contributed by atoms with E-state index < -0.39 is 0 Å². The molecule has 0 aromatic heterocycles. The van der Waals surface area contributed by atoms with Crippen molar-refractivity contribution in [2.45, 2.75) is 50.2 Å². The molecule has 3 saturated heterocycles. The Morgan fingerprint density at radius 2 is 2.07 bits per heavy atom. The molecule has 0 spiro atoms. The smallest absolute Gasteiger partial charge is 0.0116 e. The number of nitrogens with two attached hydrogens (primary N) is 1. The van der Waals surface area contributed by atoms with Crippen LogP contribution >= 0.6 is 0 Å². The van der Waals surface area contributed by atoms with Gasteiger partial charge >= 0.3 is 0 Å². The minimum atomic E-state index is 0.452. The van der Waals surface area contributed by atoms with E-state index in [0.29, 0.717) is 6.04 Å². The van der Waals surface area contributed by atoms with Crippen molar-refractivity contribution < 1.29 is 0 Å². The first-order chi connectivity index (χ1) is 7.34. The Labute approximate surface area is 92.2 Å². The van der Waals surface area contributed by atoms with Crippen molar-refractivity contribution in [3.8, 4) is 0 Å². The van der Waals surface area contributed by atoms with Crippen LogP contribution in [-0.4, -0.2) is 31.2 Å². The van der Waals surface area contributed by atoms with Crippen molar-refractivity contribution in [3.63, 3.8) is 0 Å². The number of nitrogens with one attached hydrogen (secondary N) is 2. The van der Waals surface area contributed by atoms with E-state index in [1.807, 2.05) is 0 Å². The van der Waals surface area contributed by atoms with Crippen LogP contribution in [0.25, 0.3) is 0 Å². The standard InChI is InChI=1S/C12H23N3/c13-10-6-9-3-4-11(15-9)12(10)8-2-1-5-14-7-8/h8-12,14-15H,1-7,13H2. The predicted molar refractivity (Wildman–Crippen MR) is 61.6 cm³/mol. The molecule has 86 valence electrons. The van der Waals surface area contributed by atoms with Crippen LogP contribution in [0.5, 0.6) is 0 Å².